The third kappa shape index (κ3) is 2.01. The van der Waals surface area contributed by atoms with Gasteiger partial charge in [0.15, 0.2) is 11.5 Å². The maximum Gasteiger partial charge on any atom is 0.312 e. The van der Waals surface area contributed by atoms with Crippen LogP contribution in [0, 0.1) is 0 Å². The predicted molar refractivity (Wildman–Crippen MR) is 73.9 cm³/mol. The average molecular weight is 304 g/mol. The first kappa shape index (κ1) is 12.5. The van der Waals surface area contributed by atoms with E-state index in [-0.39, 0.29) is 25.1 Å². The number of esters is 1. The summed E-state index contributed by atoms with van der Waals surface area (Å²) < 4.78 is 16.0. The number of benzene rings is 1. The first-order chi connectivity index (χ1) is 10.2. The Hall–Kier alpha value is -2.27. The fourth-order valence-corrected chi connectivity index (χ4v) is 2.93. The minimum Gasteiger partial charge on any atom is -0.454 e. The molecule has 0 N–H and O–H groups in total. The summed E-state index contributed by atoms with van der Waals surface area (Å²) in [7, 11) is 0. The number of hydrogen-bond donors (Lipinski definition) is 0. The van der Waals surface area contributed by atoms with E-state index in [1.807, 2.05) is 12.1 Å². The van der Waals surface area contributed by atoms with E-state index in [2.05, 4.69) is 4.98 Å². The van der Waals surface area contributed by atoms with E-state index < -0.39 is 0 Å². The summed E-state index contributed by atoms with van der Waals surface area (Å²) in [6.45, 7) is 0.171. The van der Waals surface area contributed by atoms with Gasteiger partial charge in [0, 0.05) is 23.7 Å². The van der Waals surface area contributed by atoms with Gasteiger partial charge in [0.1, 0.15) is 10.9 Å². The highest BCUT2D eigenvalue weighted by Crippen LogP contribution is 2.46. The zero-order valence-electron chi connectivity index (χ0n) is 10.8. The van der Waals surface area contributed by atoms with Crippen LogP contribution in [0.25, 0.3) is 0 Å². The van der Waals surface area contributed by atoms with Crippen LogP contribution in [0.15, 0.2) is 30.5 Å². The lowest BCUT2D eigenvalue weighted by molar-refractivity contribution is -0.135. The highest BCUT2D eigenvalue weighted by molar-refractivity contribution is 6.30. The zero-order valence-corrected chi connectivity index (χ0v) is 11.6. The molecule has 0 fully saturated rings. The van der Waals surface area contributed by atoms with Crippen LogP contribution in [0.5, 0.6) is 17.2 Å². The molecule has 0 saturated carbocycles. The normalized spacial score (nSPS) is 19.1. The molecule has 1 atom stereocenters. The lowest BCUT2D eigenvalue weighted by Gasteiger charge is -2.25. The average Bonchev–Trinajstić information content (AvgIpc) is 2.92. The number of carbonyl (C=O) groups is 1. The number of rotatable bonds is 1. The van der Waals surface area contributed by atoms with Gasteiger partial charge in [-0.25, -0.2) is 4.98 Å². The van der Waals surface area contributed by atoms with Gasteiger partial charge in [0.2, 0.25) is 6.79 Å². The summed E-state index contributed by atoms with van der Waals surface area (Å²) in [6, 6.07) is 7.20. The number of nitrogens with zero attached hydrogens (tertiary/aromatic N) is 1. The van der Waals surface area contributed by atoms with Crippen molar-refractivity contribution in [1.29, 1.82) is 0 Å². The molecule has 0 amide bonds. The topological polar surface area (TPSA) is 57.7 Å². The Morgan fingerprint density at radius 1 is 1.14 bits per heavy atom. The highest BCUT2D eigenvalue weighted by Gasteiger charge is 2.32. The number of fused-ring (bicyclic) bond motifs is 2. The van der Waals surface area contributed by atoms with Crippen molar-refractivity contribution in [1.82, 2.24) is 4.98 Å². The first-order valence-electron chi connectivity index (χ1n) is 6.47. The molecule has 1 aromatic heterocycles. The van der Waals surface area contributed by atoms with Crippen LogP contribution in [-0.2, 0) is 4.79 Å². The Morgan fingerprint density at radius 2 is 1.95 bits per heavy atom. The molecular weight excluding hydrogens is 294 g/mol. The molecule has 0 radical (unpaired) electrons. The molecule has 0 saturated heterocycles. The Kier molecular flexibility index (Phi) is 2.75. The van der Waals surface area contributed by atoms with E-state index in [1.165, 1.54) is 0 Å². The number of carbonyl (C=O) groups excluding carboxylic acids is 1. The number of halogens is 1. The van der Waals surface area contributed by atoms with Crippen molar-refractivity contribution in [2.75, 3.05) is 6.79 Å². The molecule has 0 spiro atoms. The van der Waals surface area contributed by atoms with Gasteiger partial charge in [-0.15, -0.1) is 0 Å². The molecule has 2 aromatic rings. The number of hydrogen-bond acceptors (Lipinski definition) is 5. The van der Waals surface area contributed by atoms with Crippen LogP contribution in [0.2, 0.25) is 5.15 Å². The molecule has 21 heavy (non-hydrogen) atoms. The molecule has 1 aromatic carbocycles. The van der Waals surface area contributed by atoms with E-state index in [1.54, 1.807) is 18.3 Å². The number of ether oxygens (including phenoxy) is 3. The van der Waals surface area contributed by atoms with Gasteiger partial charge in [-0.05, 0) is 17.7 Å². The van der Waals surface area contributed by atoms with E-state index in [9.17, 15) is 4.79 Å². The smallest absolute Gasteiger partial charge is 0.312 e. The van der Waals surface area contributed by atoms with Crippen molar-refractivity contribution in [3.05, 3.63) is 46.7 Å². The predicted octanol–water partition coefficient (Wildman–Crippen LogP) is 2.90. The molecular formula is C15H10ClNO4. The van der Waals surface area contributed by atoms with Gasteiger partial charge >= 0.3 is 5.97 Å². The van der Waals surface area contributed by atoms with Crippen LogP contribution in [0.4, 0.5) is 0 Å². The summed E-state index contributed by atoms with van der Waals surface area (Å²) in [5.74, 6) is 1.22. The minimum absolute atomic E-state index is 0.171. The monoisotopic (exact) mass is 303 g/mol. The second-order valence-corrected chi connectivity index (χ2v) is 5.22. The quantitative estimate of drug-likeness (QED) is 0.460. The maximum atomic E-state index is 11.9. The van der Waals surface area contributed by atoms with Crippen molar-refractivity contribution in [3.8, 4) is 17.2 Å². The molecule has 0 unspecified atom stereocenters. The first-order valence-corrected chi connectivity index (χ1v) is 6.85. The Bertz CT molecular complexity index is 746. The molecule has 6 heteroatoms. The van der Waals surface area contributed by atoms with E-state index >= 15 is 0 Å². The van der Waals surface area contributed by atoms with Crippen molar-refractivity contribution >= 4 is 17.6 Å². The molecule has 2 aliphatic heterocycles. The van der Waals surface area contributed by atoms with Crippen LogP contribution in [0.3, 0.4) is 0 Å². The van der Waals surface area contributed by atoms with Crippen molar-refractivity contribution in [3.63, 3.8) is 0 Å². The van der Waals surface area contributed by atoms with Crippen molar-refractivity contribution in [2.45, 2.75) is 12.3 Å². The maximum absolute atomic E-state index is 11.9. The number of pyridine rings is 1. The molecule has 0 aliphatic carbocycles. The van der Waals surface area contributed by atoms with Crippen LogP contribution < -0.4 is 14.2 Å². The van der Waals surface area contributed by atoms with Crippen LogP contribution in [0.1, 0.15) is 23.5 Å². The second kappa shape index (κ2) is 4.63. The number of aromatic nitrogens is 1. The van der Waals surface area contributed by atoms with Crippen molar-refractivity contribution < 1.29 is 19.0 Å². The third-order valence-electron chi connectivity index (χ3n) is 3.64. The van der Waals surface area contributed by atoms with E-state index in [0.717, 1.165) is 11.1 Å². The van der Waals surface area contributed by atoms with Crippen molar-refractivity contribution in [2.24, 2.45) is 0 Å². The largest absolute Gasteiger partial charge is 0.454 e. The van der Waals surface area contributed by atoms with Crippen LogP contribution in [-0.4, -0.2) is 17.7 Å². The molecule has 2 aliphatic rings. The second-order valence-electron chi connectivity index (χ2n) is 4.86. The molecule has 0 bridgehead atoms. The standard InChI is InChI=1S/C15H10ClNO4/c16-15-8(2-1-3-17-15)9-5-14(18)21-11-6-13-12(4-10(9)11)19-7-20-13/h1-4,6,9H,5,7H2/t9-/m1/s1. The molecule has 5 nitrogen and oxygen atoms in total. The van der Waals surface area contributed by atoms with E-state index in [4.69, 9.17) is 25.8 Å². The van der Waals surface area contributed by atoms with Gasteiger partial charge in [0.05, 0.1) is 6.42 Å². The molecule has 3 heterocycles. The fraction of sp³-hybridized carbons (Fsp3) is 0.200. The lowest BCUT2D eigenvalue weighted by atomic mass is 9.87. The third-order valence-corrected chi connectivity index (χ3v) is 3.95. The Morgan fingerprint density at radius 3 is 2.76 bits per heavy atom. The summed E-state index contributed by atoms with van der Waals surface area (Å²) >= 11 is 6.17. The lowest BCUT2D eigenvalue weighted by Crippen LogP contribution is -2.21. The molecule has 106 valence electrons. The Balaban J connectivity index is 1.88. The Labute approximate surface area is 125 Å². The zero-order chi connectivity index (χ0) is 14.4. The molecule has 4 rings (SSSR count). The van der Waals surface area contributed by atoms with Gasteiger partial charge in [0.25, 0.3) is 0 Å². The summed E-state index contributed by atoms with van der Waals surface area (Å²) in [5, 5.41) is 0.390. The van der Waals surface area contributed by atoms with E-state index in [0.29, 0.717) is 22.4 Å². The van der Waals surface area contributed by atoms with Gasteiger partial charge in [-0.2, -0.15) is 0 Å². The summed E-state index contributed by atoms with van der Waals surface area (Å²) in [6.07, 6.45) is 1.84. The van der Waals surface area contributed by atoms with Gasteiger partial charge in [-0.1, -0.05) is 17.7 Å². The SMILES string of the molecule is O=C1C[C@H](c2cccnc2Cl)c2cc3c(cc2O1)OCO3. The summed E-state index contributed by atoms with van der Waals surface area (Å²) in [5.41, 5.74) is 1.66. The van der Waals surface area contributed by atoms with Gasteiger partial charge < -0.3 is 14.2 Å². The fourth-order valence-electron chi connectivity index (χ4n) is 2.68. The van der Waals surface area contributed by atoms with Gasteiger partial charge in [-0.3, -0.25) is 4.79 Å². The summed E-state index contributed by atoms with van der Waals surface area (Å²) in [4.78, 5) is 15.9. The van der Waals surface area contributed by atoms with Crippen LogP contribution >= 0.6 is 11.6 Å². The highest BCUT2D eigenvalue weighted by atomic mass is 35.5. The minimum atomic E-state index is -0.300.